The summed E-state index contributed by atoms with van der Waals surface area (Å²) >= 11 is 6.02. The molecule has 1 aromatic heterocycles. The number of hydrogen-bond acceptors (Lipinski definition) is 3. The lowest BCUT2D eigenvalue weighted by Gasteiger charge is -2.18. The Labute approximate surface area is 122 Å². The highest BCUT2D eigenvalue weighted by molar-refractivity contribution is 6.30. The summed E-state index contributed by atoms with van der Waals surface area (Å²) in [6.07, 6.45) is 0. The van der Waals surface area contributed by atoms with Crippen LogP contribution in [-0.4, -0.2) is 17.1 Å². The summed E-state index contributed by atoms with van der Waals surface area (Å²) in [5, 5.41) is 0.570. The van der Waals surface area contributed by atoms with Crippen LogP contribution in [0.3, 0.4) is 0 Å². The molecule has 0 aliphatic heterocycles. The zero-order valence-corrected chi connectivity index (χ0v) is 12.7. The summed E-state index contributed by atoms with van der Waals surface area (Å²) in [7, 11) is 1.57. The predicted molar refractivity (Wildman–Crippen MR) is 80.6 cm³/mol. The molecule has 0 atom stereocenters. The third-order valence-electron chi connectivity index (χ3n) is 2.89. The predicted octanol–water partition coefficient (Wildman–Crippen LogP) is 3.40. The molecule has 0 fully saturated rings. The number of methoxy groups -OCH3 is 1. The van der Waals surface area contributed by atoms with Crippen molar-refractivity contribution < 1.29 is 4.74 Å². The molecule has 1 aromatic carbocycles. The molecule has 4 nitrogen and oxygen atoms in total. The first-order valence-corrected chi connectivity index (χ1v) is 6.65. The van der Waals surface area contributed by atoms with E-state index in [4.69, 9.17) is 16.3 Å². The van der Waals surface area contributed by atoms with Crippen LogP contribution in [0.2, 0.25) is 5.02 Å². The number of rotatable bonds is 2. The zero-order valence-electron chi connectivity index (χ0n) is 12.0. The Kier molecular flexibility index (Phi) is 3.86. The van der Waals surface area contributed by atoms with Crippen LogP contribution in [0.1, 0.15) is 26.6 Å². The summed E-state index contributed by atoms with van der Waals surface area (Å²) in [5.74, 6) is 1.26. The molecule has 0 aliphatic carbocycles. The summed E-state index contributed by atoms with van der Waals surface area (Å²) < 4.78 is 5.31. The fourth-order valence-electron chi connectivity index (χ4n) is 1.83. The van der Waals surface area contributed by atoms with Crippen LogP contribution in [0, 0.1) is 0 Å². The van der Waals surface area contributed by atoms with E-state index in [1.807, 2.05) is 20.8 Å². The summed E-state index contributed by atoms with van der Waals surface area (Å²) in [4.78, 5) is 19.1. The van der Waals surface area contributed by atoms with E-state index in [9.17, 15) is 4.79 Å². The average Bonchev–Trinajstić information content (AvgIpc) is 2.37. The van der Waals surface area contributed by atoms with Gasteiger partial charge in [0.25, 0.3) is 5.56 Å². The highest BCUT2D eigenvalue weighted by Gasteiger charge is 2.19. The van der Waals surface area contributed by atoms with E-state index in [0.29, 0.717) is 27.9 Å². The topological polar surface area (TPSA) is 55.0 Å². The molecule has 2 aromatic rings. The van der Waals surface area contributed by atoms with Gasteiger partial charge in [-0.25, -0.2) is 4.98 Å². The van der Waals surface area contributed by atoms with Crippen LogP contribution in [0.25, 0.3) is 11.3 Å². The van der Waals surface area contributed by atoms with Gasteiger partial charge in [-0.2, -0.15) is 0 Å². The van der Waals surface area contributed by atoms with Crippen LogP contribution >= 0.6 is 11.6 Å². The Morgan fingerprint density at radius 3 is 2.55 bits per heavy atom. The average molecular weight is 293 g/mol. The molecule has 5 heteroatoms. The number of nitrogens with one attached hydrogen (secondary N) is 1. The molecule has 0 unspecified atom stereocenters. The fraction of sp³-hybridized carbons (Fsp3) is 0.333. The van der Waals surface area contributed by atoms with Gasteiger partial charge in [0.1, 0.15) is 11.6 Å². The Balaban J connectivity index is 2.67. The first-order chi connectivity index (χ1) is 9.31. The number of hydrogen-bond donors (Lipinski definition) is 1. The number of aromatic amines is 1. The van der Waals surface area contributed by atoms with Gasteiger partial charge in [-0.15, -0.1) is 0 Å². The highest BCUT2D eigenvalue weighted by atomic mass is 35.5. The first kappa shape index (κ1) is 14.6. The molecule has 0 saturated heterocycles. The number of nitrogens with zero attached hydrogens (tertiary/aromatic N) is 1. The highest BCUT2D eigenvalue weighted by Crippen LogP contribution is 2.31. The molecule has 0 spiro atoms. The number of ether oxygens (including phenoxy) is 1. The second kappa shape index (κ2) is 5.29. The minimum absolute atomic E-state index is 0.193. The summed E-state index contributed by atoms with van der Waals surface area (Å²) in [6.45, 7) is 5.97. The maximum Gasteiger partial charge on any atom is 0.251 e. The van der Waals surface area contributed by atoms with Gasteiger partial charge in [0.2, 0.25) is 0 Å². The molecule has 106 valence electrons. The van der Waals surface area contributed by atoms with Crippen molar-refractivity contribution in [2.24, 2.45) is 0 Å². The van der Waals surface area contributed by atoms with Crippen molar-refractivity contribution in [1.82, 2.24) is 9.97 Å². The molecule has 0 bridgehead atoms. The van der Waals surface area contributed by atoms with Gasteiger partial charge >= 0.3 is 0 Å². The van der Waals surface area contributed by atoms with Crippen LogP contribution < -0.4 is 10.3 Å². The standard InChI is InChI=1S/C15H17ClN2O2/c1-15(2,3)14-17-11(8-13(19)18-14)10-7-9(16)5-6-12(10)20-4/h5-8H,1-4H3,(H,17,18,19). The Morgan fingerprint density at radius 2 is 1.95 bits per heavy atom. The van der Waals surface area contributed by atoms with Crippen LogP contribution in [0.4, 0.5) is 0 Å². The van der Waals surface area contributed by atoms with Gasteiger partial charge in [-0.3, -0.25) is 4.79 Å². The Morgan fingerprint density at radius 1 is 1.25 bits per heavy atom. The van der Waals surface area contributed by atoms with E-state index < -0.39 is 0 Å². The van der Waals surface area contributed by atoms with E-state index in [0.717, 1.165) is 0 Å². The molecule has 0 saturated carbocycles. The van der Waals surface area contributed by atoms with Gasteiger partial charge in [0, 0.05) is 22.1 Å². The second-order valence-corrected chi connectivity index (χ2v) is 6.01. The number of benzene rings is 1. The van der Waals surface area contributed by atoms with E-state index in [-0.39, 0.29) is 11.0 Å². The fourth-order valence-corrected chi connectivity index (χ4v) is 2.00. The van der Waals surface area contributed by atoms with Crippen molar-refractivity contribution in [1.29, 1.82) is 0 Å². The minimum atomic E-state index is -0.249. The van der Waals surface area contributed by atoms with Gasteiger partial charge in [0.05, 0.1) is 12.8 Å². The second-order valence-electron chi connectivity index (χ2n) is 5.57. The van der Waals surface area contributed by atoms with Crippen LogP contribution in [0.5, 0.6) is 5.75 Å². The van der Waals surface area contributed by atoms with E-state index in [2.05, 4.69) is 9.97 Å². The van der Waals surface area contributed by atoms with Crippen LogP contribution in [0.15, 0.2) is 29.1 Å². The third kappa shape index (κ3) is 3.02. The SMILES string of the molecule is COc1ccc(Cl)cc1-c1cc(=O)[nH]c(C(C)(C)C)n1. The van der Waals surface area contributed by atoms with Gasteiger partial charge in [-0.05, 0) is 18.2 Å². The molecular weight excluding hydrogens is 276 g/mol. The number of aromatic nitrogens is 2. The molecule has 0 amide bonds. The van der Waals surface area contributed by atoms with Gasteiger partial charge in [-0.1, -0.05) is 32.4 Å². The Hall–Kier alpha value is -1.81. The number of H-pyrrole nitrogens is 1. The molecule has 20 heavy (non-hydrogen) atoms. The summed E-state index contributed by atoms with van der Waals surface area (Å²) in [5.41, 5.74) is 0.817. The molecule has 1 N–H and O–H groups in total. The molecule has 0 radical (unpaired) electrons. The minimum Gasteiger partial charge on any atom is -0.496 e. The van der Waals surface area contributed by atoms with Crippen molar-refractivity contribution in [2.45, 2.75) is 26.2 Å². The van der Waals surface area contributed by atoms with Crippen molar-refractivity contribution in [3.8, 4) is 17.0 Å². The molecule has 0 aliphatic rings. The monoisotopic (exact) mass is 292 g/mol. The maximum absolute atomic E-state index is 11.8. The quantitative estimate of drug-likeness (QED) is 0.923. The van der Waals surface area contributed by atoms with Crippen molar-refractivity contribution in [2.75, 3.05) is 7.11 Å². The normalized spacial score (nSPS) is 11.4. The zero-order chi connectivity index (χ0) is 14.9. The maximum atomic E-state index is 11.8. The molecule has 1 heterocycles. The smallest absolute Gasteiger partial charge is 0.251 e. The van der Waals surface area contributed by atoms with Gasteiger partial charge in [0.15, 0.2) is 0 Å². The molecule has 2 rings (SSSR count). The van der Waals surface area contributed by atoms with Crippen molar-refractivity contribution >= 4 is 11.6 Å². The first-order valence-electron chi connectivity index (χ1n) is 6.27. The molecular formula is C15H17ClN2O2. The summed E-state index contributed by atoms with van der Waals surface area (Å²) in [6, 6.07) is 6.69. The van der Waals surface area contributed by atoms with Crippen LogP contribution in [-0.2, 0) is 5.41 Å². The Bertz CT molecular complexity index is 687. The lowest BCUT2D eigenvalue weighted by Crippen LogP contribution is -2.22. The largest absolute Gasteiger partial charge is 0.496 e. The van der Waals surface area contributed by atoms with E-state index in [1.165, 1.54) is 6.07 Å². The lowest BCUT2D eigenvalue weighted by molar-refractivity contribution is 0.416. The van der Waals surface area contributed by atoms with E-state index >= 15 is 0 Å². The lowest BCUT2D eigenvalue weighted by atomic mass is 9.95. The van der Waals surface area contributed by atoms with Gasteiger partial charge < -0.3 is 9.72 Å². The van der Waals surface area contributed by atoms with Crippen molar-refractivity contribution in [3.05, 3.63) is 45.5 Å². The van der Waals surface area contributed by atoms with Crippen molar-refractivity contribution in [3.63, 3.8) is 0 Å². The number of halogens is 1. The van der Waals surface area contributed by atoms with E-state index in [1.54, 1.807) is 25.3 Å². The third-order valence-corrected chi connectivity index (χ3v) is 3.12.